The summed E-state index contributed by atoms with van der Waals surface area (Å²) in [6, 6.07) is 5.87. The van der Waals surface area contributed by atoms with Gasteiger partial charge in [-0.3, -0.25) is 4.90 Å². The zero-order valence-corrected chi connectivity index (χ0v) is 11.7. The number of piperazine rings is 1. The van der Waals surface area contributed by atoms with Crippen molar-refractivity contribution < 1.29 is 14.6 Å². The molecule has 110 valence electrons. The highest BCUT2D eigenvalue weighted by atomic mass is 16.5. The van der Waals surface area contributed by atoms with E-state index >= 15 is 0 Å². The summed E-state index contributed by atoms with van der Waals surface area (Å²) in [4.78, 5) is 19.8. The number of carboxylic acid groups (broad SMARTS) is 1. The lowest BCUT2D eigenvalue weighted by Gasteiger charge is -2.36. The van der Waals surface area contributed by atoms with Crippen molar-refractivity contribution in [1.82, 2.24) is 9.88 Å². The van der Waals surface area contributed by atoms with Crippen LogP contribution in [0.2, 0.25) is 0 Å². The Balaban J connectivity index is 1.83. The number of aliphatic carboxylic acids is 1. The molecule has 1 saturated heterocycles. The van der Waals surface area contributed by atoms with Crippen LogP contribution in [0.15, 0.2) is 24.4 Å². The first-order valence-electron chi connectivity index (χ1n) is 6.93. The Hall–Kier alpha value is -1.66. The molecule has 1 aromatic heterocycles. The van der Waals surface area contributed by atoms with Gasteiger partial charge in [-0.1, -0.05) is 6.07 Å². The van der Waals surface area contributed by atoms with E-state index in [0.29, 0.717) is 13.2 Å². The van der Waals surface area contributed by atoms with Gasteiger partial charge < -0.3 is 14.7 Å². The number of nitrogens with zero attached hydrogens (tertiary/aromatic N) is 3. The Morgan fingerprint density at radius 3 is 2.70 bits per heavy atom. The summed E-state index contributed by atoms with van der Waals surface area (Å²) < 4.78 is 5.25. The average Bonchev–Trinajstić information content (AvgIpc) is 2.48. The molecule has 1 unspecified atom stereocenters. The smallest absolute Gasteiger partial charge is 0.334 e. The summed E-state index contributed by atoms with van der Waals surface area (Å²) in [5.74, 6) is 0.0887. The molecule has 2 rings (SSSR count). The molecule has 6 nitrogen and oxygen atoms in total. The molecule has 0 saturated carbocycles. The molecule has 0 amide bonds. The molecule has 0 radical (unpaired) electrons. The van der Waals surface area contributed by atoms with Crippen molar-refractivity contribution in [3.05, 3.63) is 24.4 Å². The van der Waals surface area contributed by atoms with Gasteiger partial charge in [0, 0.05) is 45.5 Å². The molecule has 6 heteroatoms. The number of pyridine rings is 1. The van der Waals surface area contributed by atoms with Crippen LogP contribution in [0.3, 0.4) is 0 Å². The molecule has 20 heavy (non-hydrogen) atoms. The van der Waals surface area contributed by atoms with Gasteiger partial charge in [-0.2, -0.15) is 0 Å². The van der Waals surface area contributed by atoms with Crippen LogP contribution in [0.25, 0.3) is 0 Å². The fourth-order valence-electron chi connectivity index (χ4n) is 2.34. The third kappa shape index (κ3) is 3.91. The van der Waals surface area contributed by atoms with E-state index in [4.69, 9.17) is 9.84 Å². The van der Waals surface area contributed by atoms with E-state index < -0.39 is 12.1 Å². The number of hydrogen-bond acceptors (Lipinski definition) is 5. The van der Waals surface area contributed by atoms with E-state index in [-0.39, 0.29) is 0 Å². The number of hydrogen-bond donors (Lipinski definition) is 1. The SMILES string of the molecule is CCOC(CN1CCN(c2ccccn2)CC1)C(=O)O. The van der Waals surface area contributed by atoms with Crippen LogP contribution in [-0.4, -0.2) is 66.4 Å². The molecule has 0 bridgehead atoms. The minimum absolute atomic E-state index is 0.421. The van der Waals surface area contributed by atoms with E-state index in [1.165, 1.54) is 0 Å². The lowest BCUT2D eigenvalue weighted by atomic mass is 10.2. The zero-order chi connectivity index (χ0) is 14.4. The Morgan fingerprint density at radius 2 is 2.15 bits per heavy atom. The monoisotopic (exact) mass is 279 g/mol. The third-order valence-corrected chi connectivity index (χ3v) is 3.41. The summed E-state index contributed by atoms with van der Waals surface area (Å²) in [7, 11) is 0. The predicted molar refractivity (Wildman–Crippen MR) is 75.9 cm³/mol. The van der Waals surface area contributed by atoms with Crippen LogP contribution in [-0.2, 0) is 9.53 Å². The molecular formula is C14H21N3O3. The van der Waals surface area contributed by atoms with Crippen LogP contribution < -0.4 is 4.90 Å². The third-order valence-electron chi connectivity index (χ3n) is 3.41. The fourth-order valence-corrected chi connectivity index (χ4v) is 2.34. The Kier molecular flexibility index (Phi) is 5.31. The largest absolute Gasteiger partial charge is 0.479 e. The summed E-state index contributed by atoms with van der Waals surface area (Å²) in [5, 5.41) is 9.09. The first kappa shape index (κ1) is 14.7. The number of carbonyl (C=O) groups is 1. The number of rotatable bonds is 6. The average molecular weight is 279 g/mol. The number of ether oxygens (including phenoxy) is 1. The molecule has 2 heterocycles. The summed E-state index contributed by atoms with van der Waals surface area (Å²) >= 11 is 0. The van der Waals surface area contributed by atoms with Gasteiger partial charge in [0.1, 0.15) is 5.82 Å². The molecule has 1 N–H and O–H groups in total. The van der Waals surface area contributed by atoms with Gasteiger partial charge in [-0.15, -0.1) is 0 Å². The highest BCUT2D eigenvalue weighted by molar-refractivity contribution is 5.72. The molecule has 1 fully saturated rings. The van der Waals surface area contributed by atoms with Gasteiger partial charge in [0.25, 0.3) is 0 Å². The van der Waals surface area contributed by atoms with E-state index in [1.54, 1.807) is 6.20 Å². The van der Waals surface area contributed by atoms with E-state index in [2.05, 4.69) is 14.8 Å². The second kappa shape index (κ2) is 7.21. The van der Waals surface area contributed by atoms with Crippen molar-refractivity contribution in [3.63, 3.8) is 0 Å². The van der Waals surface area contributed by atoms with Gasteiger partial charge in [0.15, 0.2) is 6.10 Å². The minimum atomic E-state index is -0.890. The van der Waals surface area contributed by atoms with Crippen molar-refractivity contribution >= 4 is 11.8 Å². The lowest BCUT2D eigenvalue weighted by Crippen LogP contribution is -2.50. The van der Waals surface area contributed by atoms with Crippen LogP contribution in [0.1, 0.15) is 6.92 Å². The quantitative estimate of drug-likeness (QED) is 0.826. The first-order chi connectivity index (χ1) is 9.70. The number of anilines is 1. The van der Waals surface area contributed by atoms with E-state index in [0.717, 1.165) is 32.0 Å². The minimum Gasteiger partial charge on any atom is -0.479 e. The van der Waals surface area contributed by atoms with Crippen molar-refractivity contribution in [1.29, 1.82) is 0 Å². The van der Waals surface area contributed by atoms with Crippen LogP contribution in [0, 0.1) is 0 Å². The topological polar surface area (TPSA) is 65.9 Å². The number of aromatic nitrogens is 1. The standard InChI is InChI=1S/C14H21N3O3/c1-2-20-12(14(18)19)11-16-7-9-17(10-8-16)13-5-3-4-6-15-13/h3-6,12H,2,7-11H2,1H3,(H,18,19). The van der Waals surface area contributed by atoms with Gasteiger partial charge in [0.2, 0.25) is 0 Å². The summed E-state index contributed by atoms with van der Waals surface area (Å²) in [6.45, 7) is 6.05. The highest BCUT2D eigenvalue weighted by Gasteiger charge is 2.24. The summed E-state index contributed by atoms with van der Waals surface area (Å²) in [5.41, 5.74) is 0. The molecule has 0 spiro atoms. The highest BCUT2D eigenvalue weighted by Crippen LogP contribution is 2.13. The molecule has 1 aromatic rings. The fraction of sp³-hybridized carbons (Fsp3) is 0.571. The maximum atomic E-state index is 11.1. The second-order valence-electron chi connectivity index (χ2n) is 4.76. The van der Waals surface area contributed by atoms with E-state index in [9.17, 15) is 4.79 Å². The Labute approximate surface area is 119 Å². The van der Waals surface area contributed by atoms with Crippen molar-refractivity contribution in [3.8, 4) is 0 Å². The molecule has 0 aromatic carbocycles. The van der Waals surface area contributed by atoms with Crippen molar-refractivity contribution in [2.24, 2.45) is 0 Å². The Morgan fingerprint density at radius 1 is 1.40 bits per heavy atom. The second-order valence-corrected chi connectivity index (χ2v) is 4.76. The van der Waals surface area contributed by atoms with Crippen LogP contribution >= 0.6 is 0 Å². The maximum absolute atomic E-state index is 11.1. The lowest BCUT2D eigenvalue weighted by molar-refractivity contribution is -0.151. The normalized spacial score (nSPS) is 17.9. The van der Waals surface area contributed by atoms with Gasteiger partial charge in [-0.25, -0.2) is 9.78 Å². The Bertz CT molecular complexity index is 419. The van der Waals surface area contributed by atoms with Gasteiger partial charge >= 0.3 is 5.97 Å². The molecule has 1 aliphatic rings. The van der Waals surface area contributed by atoms with Crippen molar-refractivity contribution in [2.45, 2.75) is 13.0 Å². The van der Waals surface area contributed by atoms with Gasteiger partial charge in [0.05, 0.1) is 0 Å². The summed E-state index contributed by atoms with van der Waals surface area (Å²) in [6.07, 6.45) is 1.05. The zero-order valence-electron chi connectivity index (χ0n) is 11.7. The first-order valence-corrected chi connectivity index (χ1v) is 6.93. The van der Waals surface area contributed by atoms with Crippen LogP contribution in [0.4, 0.5) is 5.82 Å². The van der Waals surface area contributed by atoms with Gasteiger partial charge in [-0.05, 0) is 19.1 Å². The van der Waals surface area contributed by atoms with E-state index in [1.807, 2.05) is 25.1 Å². The van der Waals surface area contributed by atoms with Crippen molar-refractivity contribution in [2.75, 3.05) is 44.2 Å². The van der Waals surface area contributed by atoms with Crippen LogP contribution in [0.5, 0.6) is 0 Å². The molecular weight excluding hydrogens is 258 g/mol. The maximum Gasteiger partial charge on any atom is 0.334 e. The predicted octanol–water partition coefficient (Wildman–Crippen LogP) is 0.693. The molecule has 1 atom stereocenters. The number of carboxylic acids is 1. The molecule has 0 aliphatic carbocycles. The molecule has 1 aliphatic heterocycles.